The Hall–Kier alpha value is -3.63. The molecule has 1 aromatic heterocycles. The minimum absolute atomic E-state index is 0.0117. The zero-order chi connectivity index (χ0) is 29.0. The molecule has 1 aliphatic rings. The van der Waals surface area contributed by atoms with Gasteiger partial charge in [-0.3, -0.25) is 18.5 Å². The average Bonchev–Trinajstić information content (AvgIpc) is 3.22. The van der Waals surface area contributed by atoms with Crippen LogP contribution in [0.1, 0.15) is 51.8 Å². The Balaban J connectivity index is 1.50. The number of fused-ring (bicyclic) bond motifs is 2. The molecule has 2 heterocycles. The number of anilines is 2. The van der Waals surface area contributed by atoms with Gasteiger partial charge in [0.2, 0.25) is 0 Å². The number of rotatable bonds is 5. The van der Waals surface area contributed by atoms with Crippen LogP contribution in [0.15, 0.2) is 70.4 Å². The molecule has 1 amide bonds. The number of sulfonamides is 1. The summed E-state index contributed by atoms with van der Waals surface area (Å²) in [5.74, 6) is -0.164. The molecule has 0 spiro atoms. The third-order valence-electron chi connectivity index (χ3n) is 6.99. The molecule has 3 aromatic carbocycles. The standard InChI is InChI=1S/C30H33N3O5S2/c1-18(2)33-23-13-10-21(16-27(23)39-29(33)35)31-28(34)26-17-32(40(36,37)22-11-7-19(3)8-12-22)24-15-20(30(4,5)6)9-14-25(24)38-26/h7-16,18,26H,17H2,1-6H3,(H,31,34). The molecule has 4 aromatic rings. The van der Waals surface area contributed by atoms with Crippen molar-refractivity contribution in [1.82, 2.24) is 4.57 Å². The van der Waals surface area contributed by atoms with E-state index in [1.165, 1.54) is 4.31 Å². The Labute approximate surface area is 238 Å². The van der Waals surface area contributed by atoms with Crippen molar-refractivity contribution in [3.8, 4) is 5.75 Å². The fourth-order valence-electron chi connectivity index (χ4n) is 4.75. The lowest BCUT2D eigenvalue weighted by molar-refractivity contribution is -0.122. The zero-order valence-electron chi connectivity index (χ0n) is 23.4. The Morgan fingerprint density at radius 2 is 1.75 bits per heavy atom. The minimum Gasteiger partial charge on any atom is -0.476 e. The first kappa shape index (κ1) is 27.9. The highest BCUT2D eigenvalue weighted by molar-refractivity contribution is 7.92. The molecule has 1 unspecified atom stereocenters. The van der Waals surface area contributed by atoms with E-state index in [1.807, 2.05) is 39.0 Å². The maximum atomic E-state index is 13.9. The van der Waals surface area contributed by atoms with Crippen LogP contribution in [0.5, 0.6) is 5.75 Å². The molecule has 0 saturated heterocycles. The van der Waals surface area contributed by atoms with Crippen LogP contribution in [0.4, 0.5) is 11.4 Å². The third kappa shape index (κ3) is 5.13. The number of carbonyl (C=O) groups is 1. The van der Waals surface area contributed by atoms with Crippen LogP contribution in [0, 0.1) is 6.92 Å². The van der Waals surface area contributed by atoms with Crippen LogP contribution in [0.25, 0.3) is 10.2 Å². The van der Waals surface area contributed by atoms with Gasteiger partial charge in [-0.1, -0.05) is 55.9 Å². The van der Waals surface area contributed by atoms with E-state index in [2.05, 4.69) is 26.1 Å². The molecular weight excluding hydrogens is 546 g/mol. The Bertz CT molecular complexity index is 1760. The highest BCUT2D eigenvalue weighted by Gasteiger charge is 2.38. The van der Waals surface area contributed by atoms with Crippen LogP contribution in [0.3, 0.4) is 0 Å². The molecule has 0 fully saturated rings. The molecule has 5 rings (SSSR count). The van der Waals surface area contributed by atoms with Gasteiger partial charge in [0.15, 0.2) is 6.10 Å². The number of ether oxygens (including phenoxy) is 1. The van der Waals surface area contributed by atoms with Crippen molar-refractivity contribution in [3.05, 3.63) is 81.5 Å². The van der Waals surface area contributed by atoms with E-state index in [9.17, 15) is 18.0 Å². The topological polar surface area (TPSA) is 97.7 Å². The number of aryl methyl sites for hydroxylation is 1. The maximum Gasteiger partial charge on any atom is 0.308 e. The fraction of sp³-hybridized carbons (Fsp3) is 0.333. The van der Waals surface area contributed by atoms with Gasteiger partial charge in [0, 0.05) is 11.7 Å². The van der Waals surface area contributed by atoms with Gasteiger partial charge in [0.1, 0.15) is 5.75 Å². The number of carbonyl (C=O) groups excluding carboxylic acids is 1. The molecular formula is C30H33N3O5S2. The summed E-state index contributed by atoms with van der Waals surface area (Å²) in [4.78, 5) is 26.0. The molecule has 0 radical (unpaired) electrons. The van der Waals surface area contributed by atoms with Gasteiger partial charge in [-0.05, 0) is 74.2 Å². The highest BCUT2D eigenvalue weighted by Crippen LogP contribution is 2.40. The van der Waals surface area contributed by atoms with Gasteiger partial charge < -0.3 is 10.1 Å². The molecule has 210 valence electrons. The van der Waals surface area contributed by atoms with E-state index in [0.29, 0.717) is 17.1 Å². The van der Waals surface area contributed by atoms with Gasteiger partial charge in [-0.15, -0.1) is 0 Å². The first-order chi connectivity index (χ1) is 18.8. The maximum absolute atomic E-state index is 13.9. The van der Waals surface area contributed by atoms with Crippen LogP contribution in [-0.2, 0) is 20.2 Å². The molecule has 0 bridgehead atoms. The van der Waals surface area contributed by atoms with Crippen LogP contribution in [0.2, 0.25) is 0 Å². The fourth-order valence-corrected chi connectivity index (χ4v) is 7.27. The lowest BCUT2D eigenvalue weighted by Gasteiger charge is -2.36. The second kappa shape index (κ2) is 10.1. The van der Waals surface area contributed by atoms with E-state index < -0.39 is 22.0 Å². The minimum atomic E-state index is -4.00. The number of hydrogen-bond donors (Lipinski definition) is 1. The van der Waals surface area contributed by atoms with Crippen molar-refractivity contribution >= 4 is 48.9 Å². The van der Waals surface area contributed by atoms with Crippen LogP contribution < -0.4 is 19.2 Å². The second-order valence-electron chi connectivity index (χ2n) is 11.4. The molecule has 40 heavy (non-hydrogen) atoms. The zero-order valence-corrected chi connectivity index (χ0v) is 25.0. The van der Waals surface area contributed by atoms with E-state index >= 15 is 0 Å². The lowest BCUT2D eigenvalue weighted by Crippen LogP contribution is -2.49. The number of amides is 1. The summed E-state index contributed by atoms with van der Waals surface area (Å²) in [5.41, 5.74) is 3.37. The van der Waals surface area contributed by atoms with E-state index in [4.69, 9.17) is 4.74 Å². The predicted molar refractivity (Wildman–Crippen MR) is 160 cm³/mol. The summed E-state index contributed by atoms with van der Waals surface area (Å²) >= 11 is 1.12. The Morgan fingerprint density at radius 1 is 1.05 bits per heavy atom. The second-order valence-corrected chi connectivity index (χ2v) is 14.2. The smallest absolute Gasteiger partial charge is 0.308 e. The molecule has 1 aliphatic heterocycles. The number of aromatic nitrogens is 1. The van der Waals surface area contributed by atoms with Gasteiger partial charge >= 0.3 is 4.87 Å². The number of nitrogens with one attached hydrogen (secondary N) is 1. The van der Waals surface area contributed by atoms with E-state index in [-0.39, 0.29) is 27.8 Å². The molecule has 0 saturated carbocycles. The predicted octanol–water partition coefficient (Wildman–Crippen LogP) is 5.84. The van der Waals surface area contributed by atoms with E-state index in [1.54, 1.807) is 47.0 Å². The van der Waals surface area contributed by atoms with Crippen molar-refractivity contribution in [2.45, 2.75) is 64.0 Å². The first-order valence-electron chi connectivity index (χ1n) is 13.1. The van der Waals surface area contributed by atoms with Crippen molar-refractivity contribution in [2.75, 3.05) is 16.2 Å². The summed E-state index contributed by atoms with van der Waals surface area (Å²) in [6.07, 6.45) is -1.09. The number of hydrogen-bond acceptors (Lipinski definition) is 6. The van der Waals surface area contributed by atoms with Gasteiger partial charge in [-0.25, -0.2) is 8.42 Å². The van der Waals surface area contributed by atoms with Crippen molar-refractivity contribution < 1.29 is 17.9 Å². The van der Waals surface area contributed by atoms with Crippen molar-refractivity contribution in [3.63, 3.8) is 0 Å². The van der Waals surface area contributed by atoms with Gasteiger partial charge in [0.25, 0.3) is 15.9 Å². The molecule has 10 heteroatoms. The van der Waals surface area contributed by atoms with Crippen LogP contribution >= 0.6 is 11.3 Å². The summed E-state index contributed by atoms with van der Waals surface area (Å²) in [6, 6.07) is 17.4. The highest BCUT2D eigenvalue weighted by atomic mass is 32.2. The third-order valence-corrected chi connectivity index (χ3v) is 9.71. The summed E-state index contributed by atoms with van der Waals surface area (Å²) < 4.78 is 37.6. The number of benzene rings is 3. The summed E-state index contributed by atoms with van der Waals surface area (Å²) in [7, 11) is -4.00. The summed E-state index contributed by atoms with van der Waals surface area (Å²) in [5, 5.41) is 2.86. The lowest BCUT2D eigenvalue weighted by atomic mass is 9.86. The number of thiazole rings is 1. The molecule has 8 nitrogen and oxygen atoms in total. The first-order valence-corrected chi connectivity index (χ1v) is 15.4. The normalized spacial score (nSPS) is 15.7. The Morgan fingerprint density at radius 3 is 2.40 bits per heavy atom. The van der Waals surface area contributed by atoms with E-state index in [0.717, 1.165) is 32.7 Å². The monoisotopic (exact) mass is 579 g/mol. The van der Waals surface area contributed by atoms with Gasteiger partial charge in [0.05, 0.1) is 27.3 Å². The molecule has 1 atom stereocenters. The van der Waals surface area contributed by atoms with Crippen molar-refractivity contribution in [1.29, 1.82) is 0 Å². The van der Waals surface area contributed by atoms with Crippen LogP contribution in [-0.4, -0.2) is 31.5 Å². The molecule has 0 aliphatic carbocycles. The quantitative estimate of drug-likeness (QED) is 0.320. The SMILES string of the molecule is Cc1ccc(S(=O)(=O)N2CC(C(=O)Nc3ccc4c(c3)sc(=O)n4C(C)C)Oc3ccc(C(C)(C)C)cc32)cc1. The van der Waals surface area contributed by atoms with Crippen molar-refractivity contribution in [2.24, 2.45) is 0 Å². The average molecular weight is 580 g/mol. The number of nitrogens with zero attached hydrogens (tertiary/aromatic N) is 2. The molecule has 1 N–H and O–H groups in total. The summed E-state index contributed by atoms with van der Waals surface area (Å²) in [6.45, 7) is 11.7. The Kier molecular flexibility index (Phi) is 7.04. The van der Waals surface area contributed by atoms with Gasteiger partial charge in [-0.2, -0.15) is 0 Å². The largest absolute Gasteiger partial charge is 0.476 e.